The zero-order valence-corrected chi connectivity index (χ0v) is 16.5. The topological polar surface area (TPSA) is 69.2 Å². The minimum atomic E-state index is -0.0558. The van der Waals surface area contributed by atoms with Crippen LogP contribution in [0.3, 0.4) is 0 Å². The van der Waals surface area contributed by atoms with Gasteiger partial charge in [0, 0.05) is 19.7 Å². The molecule has 26 heavy (non-hydrogen) atoms. The molecule has 0 saturated carbocycles. The Morgan fingerprint density at radius 3 is 2.35 bits per heavy atom. The Hall–Kier alpha value is -2.24. The molecule has 1 amide bonds. The Morgan fingerprint density at radius 2 is 1.77 bits per heavy atom. The third-order valence-electron chi connectivity index (χ3n) is 3.83. The monoisotopic (exact) mass is 364 g/mol. The van der Waals surface area contributed by atoms with E-state index >= 15 is 0 Å². The van der Waals surface area contributed by atoms with Crippen molar-refractivity contribution in [3.05, 3.63) is 17.7 Å². The molecule has 0 unspecified atom stereocenters. The van der Waals surface area contributed by atoms with Gasteiger partial charge < -0.3 is 19.5 Å². The van der Waals surface area contributed by atoms with Crippen LogP contribution in [0.25, 0.3) is 0 Å². The van der Waals surface area contributed by atoms with Crippen LogP contribution >= 0.6 is 0 Å². The van der Waals surface area contributed by atoms with E-state index in [1.165, 1.54) is 26.2 Å². The number of nitrogens with one attached hydrogen (secondary N) is 1. The highest BCUT2D eigenvalue weighted by Crippen LogP contribution is 2.38. The summed E-state index contributed by atoms with van der Waals surface area (Å²) in [5.41, 5.74) is 0.858. The summed E-state index contributed by atoms with van der Waals surface area (Å²) >= 11 is 0. The van der Waals surface area contributed by atoms with Gasteiger partial charge in [0.1, 0.15) is 0 Å². The molecule has 1 N–H and O–H groups in total. The molecule has 0 heterocycles. The predicted molar refractivity (Wildman–Crippen MR) is 105 cm³/mol. The number of carbonyl (C=O) groups is 1. The van der Waals surface area contributed by atoms with Gasteiger partial charge in [0.15, 0.2) is 11.5 Å². The van der Waals surface area contributed by atoms with E-state index in [1.54, 1.807) is 20.4 Å². The molecule has 6 nitrogen and oxygen atoms in total. The van der Waals surface area contributed by atoms with Crippen LogP contribution in [0, 0.1) is 0 Å². The molecule has 0 aliphatic heterocycles. The summed E-state index contributed by atoms with van der Waals surface area (Å²) in [5.74, 6) is 1.82. The largest absolute Gasteiger partial charge is 0.493 e. The predicted octanol–water partition coefficient (Wildman–Crippen LogP) is 3.61. The zero-order valence-electron chi connectivity index (χ0n) is 16.5. The molecule has 6 heteroatoms. The van der Waals surface area contributed by atoms with Crippen molar-refractivity contribution in [1.82, 2.24) is 5.32 Å². The van der Waals surface area contributed by atoms with Crippen molar-refractivity contribution in [3.8, 4) is 17.2 Å². The highest BCUT2D eigenvalue weighted by molar-refractivity contribution is 5.82. The number of carbonyl (C=O) groups excluding carboxylic acids is 1. The van der Waals surface area contributed by atoms with E-state index < -0.39 is 0 Å². The first-order valence-corrected chi connectivity index (χ1v) is 9.25. The number of hydrogen-bond acceptors (Lipinski definition) is 5. The fraction of sp³-hybridized carbons (Fsp3) is 0.600. The first kappa shape index (κ1) is 21.8. The zero-order chi connectivity index (χ0) is 19.2. The fourth-order valence-corrected chi connectivity index (χ4v) is 2.46. The van der Waals surface area contributed by atoms with Crippen LogP contribution in [0.15, 0.2) is 17.1 Å². The van der Waals surface area contributed by atoms with Crippen molar-refractivity contribution in [2.24, 2.45) is 4.99 Å². The smallest absolute Gasteiger partial charge is 0.216 e. The average molecular weight is 364 g/mol. The number of aliphatic imine (C=N–C) groups is 1. The SMILES string of the molecule is CCCCCCCOc1c(OC)cc(C=NCCNC(C)=O)cc1OC. The van der Waals surface area contributed by atoms with Gasteiger partial charge in [-0.05, 0) is 24.1 Å². The lowest BCUT2D eigenvalue weighted by molar-refractivity contribution is -0.118. The summed E-state index contributed by atoms with van der Waals surface area (Å²) < 4.78 is 16.8. The first-order chi connectivity index (χ1) is 12.6. The van der Waals surface area contributed by atoms with E-state index in [-0.39, 0.29) is 5.91 Å². The average Bonchev–Trinajstić information content (AvgIpc) is 2.64. The lowest BCUT2D eigenvalue weighted by Gasteiger charge is -2.15. The maximum Gasteiger partial charge on any atom is 0.216 e. The summed E-state index contributed by atoms with van der Waals surface area (Å²) in [4.78, 5) is 15.1. The van der Waals surface area contributed by atoms with Crippen LogP contribution in [-0.4, -0.2) is 46.0 Å². The van der Waals surface area contributed by atoms with Crippen molar-refractivity contribution in [2.45, 2.75) is 46.0 Å². The summed E-state index contributed by atoms with van der Waals surface area (Å²) in [6.07, 6.45) is 7.65. The standard InChI is InChI=1S/C20H32N2O4/c1-5-6-7-8-9-12-26-20-18(24-3)13-17(14-19(20)25-4)15-21-10-11-22-16(2)23/h13-15H,5-12H2,1-4H3,(H,22,23). The second kappa shape index (κ2) is 13.0. The number of unbranched alkanes of at least 4 members (excludes halogenated alkanes) is 4. The van der Waals surface area contributed by atoms with Crippen molar-refractivity contribution in [2.75, 3.05) is 33.9 Å². The summed E-state index contributed by atoms with van der Waals surface area (Å²) in [6.45, 7) is 5.36. The minimum absolute atomic E-state index is 0.0558. The van der Waals surface area contributed by atoms with Crippen LogP contribution in [0.4, 0.5) is 0 Å². The highest BCUT2D eigenvalue weighted by atomic mass is 16.5. The molecule has 146 valence electrons. The summed E-state index contributed by atoms with van der Waals surface area (Å²) in [7, 11) is 3.22. The third-order valence-corrected chi connectivity index (χ3v) is 3.83. The summed E-state index contributed by atoms with van der Waals surface area (Å²) in [5, 5.41) is 2.71. The minimum Gasteiger partial charge on any atom is -0.493 e. The Morgan fingerprint density at radius 1 is 1.12 bits per heavy atom. The molecular weight excluding hydrogens is 332 g/mol. The van der Waals surface area contributed by atoms with Crippen molar-refractivity contribution in [1.29, 1.82) is 0 Å². The van der Waals surface area contributed by atoms with E-state index in [2.05, 4.69) is 17.2 Å². The maximum atomic E-state index is 10.8. The van der Waals surface area contributed by atoms with Crippen molar-refractivity contribution in [3.63, 3.8) is 0 Å². The van der Waals surface area contributed by atoms with Gasteiger partial charge in [0.2, 0.25) is 11.7 Å². The molecule has 0 aliphatic rings. The Kier molecular flexibility index (Phi) is 10.9. The molecule has 1 rings (SSSR count). The van der Waals surface area contributed by atoms with E-state index in [4.69, 9.17) is 14.2 Å². The lowest BCUT2D eigenvalue weighted by atomic mass is 10.1. The van der Waals surface area contributed by atoms with Crippen LogP contribution in [-0.2, 0) is 4.79 Å². The number of rotatable bonds is 13. The molecule has 0 bridgehead atoms. The maximum absolute atomic E-state index is 10.8. The molecule has 0 aromatic heterocycles. The second-order valence-electron chi connectivity index (χ2n) is 6.04. The van der Waals surface area contributed by atoms with Gasteiger partial charge in [0.05, 0.1) is 27.4 Å². The molecule has 1 aromatic carbocycles. The van der Waals surface area contributed by atoms with Gasteiger partial charge in [-0.1, -0.05) is 32.6 Å². The van der Waals surface area contributed by atoms with E-state index in [9.17, 15) is 4.79 Å². The van der Waals surface area contributed by atoms with Gasteiger partial charge in [-0.25, -0.2) is 0 Å². The van der Waals surface area contributed by atoms with Crippen molar-refractivity contribution >= 4 is 12.1 Å². The number of ether oxygens (including phenoxy) is 3. The molecule has 0 saturated heterocycles. The van der Waals surface area contributed by atoms with E-state index in [0.29, 0.717) is 36.9 Å². The number of hydrogen-bond donors (Lipinski definition) is 1. The molecule has 0 atom stereocenters. The van der Waals surface area contributed by atoms with Gasteiger partial charge in [-0.3, -0.25) is 9.79 Å². The second-order valence-corrected chi connectivity index (χ2v) is 6.04. The van der Waals surface area contributed by atoms with Gasteiger partial charge in [-0.15, -0.1) is 0 Å². The molecule has 0 fully saturated rings. The molecule has 0 aliphatic carbocycles. The number of amides is 1. The Balaban J connectivity index is 2.67. The van der Waals surface area contributed by atoms with Gasteiger partial charge in [0.25, 0.3) is 0 Å². The Bertz CT molecular complexity index is 548. The van der Waals surface area contributed by atoms with Gasteiger partial charge >= 0.3 is 0 Å². The van der Waals surface area contributed by atoms with Crippen LogP contribution in [0.5, 0.6) is 17.2 Å². The normalized spacial score (nSPS) is 10.8. The van der Waals surface area contributed by atoms with Crippen LogP contribution in [0.2, 0.25) is 0 Å². The summed E-state index contributed by atoms with van der Waals surface area (Å²) in [6, 6.07) is 3.74. The first-order valence-electron chi connectivity index (χ1n) is 9.25. The van der Waals surface area contributed by atoms with Crippen LogP contribution in [0.1, 0.15) is 51.5 Å². The lowest BCUT2D eigenvalue weighted by Crippen LogP contribution is -2.22. The third kappa shape index (κ3) is 8.23. The number of nitrogens with zero attached hydrogens (tertiary/aromatic N) is 1. The molecular formula is C20H32N2O4. The van der Waals surface area contributed by atoms with E-state index in [0.717, 1.165) is 18.4 Å². The quantitative estimate of drug-likeness (QED) is 0.429. The van der Waals surface area contributed by atoms with Crippen molar-refractivity contribution < 1.29 is 19.0 Å². The number of benzene rings is 1. The molecule has 0 spiro atoms. The Labute approximate surface area is 156 Å². The fourth-order valence-electron chi connectivity index (χ4n) is 2.46. The highest BCUT2D eigenvalue weighted by Gasteiger charge is 2.13. The molecule has 1 aromatic rings. The van der Waals surface area contributed by atoms with Crippen LogP contribution < -0.4 is 19.5 Å². The number of methoxy groups -OCH3 is 2. The molecule has 0 radical (unpaired) electrons. The van der Waals surface area contributed by atoms with E-state index in [1.807, 2.05) is 12.1 Å². The van der Waals surface area contributed by atoms with Gasteiger partial charge in [-0.2, -0.15) is 0 Å².